The highest BCUT2D eigenvalue weighted by molar-refractivity contribution is 5.88. The maximum Gasteiger partial charge on any atom is 0.114 e. The van der Waals surface area contributed by atoms with Gasteiger partial charge in [-0.1, -0.05) is 60.7 Å². The average molecular weight is 314 g/mol. The number of aromatic amines is 2. The second kappa shape index (κ2) is 6.29. The van der Waals surface area contributed by atoms with E-state index < -0.39 is 0 Å². The van der Waals surface area contributed by atoms with Crippen LogP contribution in [0.25, 0.3) is 34.7 Å². The van der Waals surface area contributed by atoms with Crippen molar-refractivity contribution in [2.24, 2.45) is 0 Å². The van der Waals surface area contributed by atoms with E-state index in [1.54, 1.807) is 12.4 Å². The Morgan fingerprint density at radius 1 is 0.708 bits per heavy atom. The molecule has 6 heteroatoms. The van der Waals surface area contributed by atoms with Gasteiger partial charge in [0, 0.05) is 11.1 Å². The van der Waals surface area contributed by atoms with Crippen molar-refractivity contribution in [3.8, 4) is 22.5 Å². The predicted octanol–water partition coefficient (Wildman–Crippen LogP) is 3.43. The summed E-state index contributed by atoms with van der Waals surface area (Å²) in [5, 5.41) is 21.6. The maximum atomic E-state index is 4.24. The highest BCUT2D eigenvalue weighted by Crippen LogP contribution is 2.33. The third kappa shape index (κ3) is 2.72. The second-order valence-corrected chi connectivity index (χ2v) is 5.22. The van der Waals surface area contributed by atoms with Crippen LogP contribution in [0.1, 0.15) is 11.1 Å². The molecule has 0 fully saturated rings. The van der Waals surface area contributed by atoms with E-state index in [1.807, 2.05) is 36.4 Å². The average Bonchev–Trinajstić information content (AvgIpc) is 3.34. The zero-order valence-corrected chi connectivity index (χ0v) is 12.7. The fourth-order valence-electron chi connectivity index (χ4n) is 2.61. The lowest BCUT2D eigenvalue weighted by atomic mass is 9.96. The van der Waals surface area contributed by atoms with Gasteiger partial charge < -0.3 is 0 Å². The number of hydrogen-bond acceptors (Lipinski definition) is 4. The van der Waals surface area contributed by atoms with Crippen LogP contribution in [0.5, 0.6) is 0 Å². The summed E-state index contributed by atoms with van der Waals surface area (Å²) in [5.41, 5.74) is 5.62. The zero-order chi connectivity index (χ0) is 16.2. The van der Waals surface area contributed by atoms with Gasteiger partial charge in [0.05, 0.1) is 12.4 Å². The first-order valence-corrected chi connectivity index (χ1v) is 7.50. The quantitative estimate of drug-likeness (QED) is 0.565. The van der Waals surface area contributed by atoms with Crippen LogP contribution in [0.2, 0.25) is 0 Å². The summed E-state index contributed by atoms with van der Waals surface area (Å²) in [6.45, 7) is 0. The van der Waals surface area contributed by atoms with Crippen LogP contribution in [0.4, 0.5) is 0 Å². The van der Waals surface area contributed by atoms with Crippen molar-refractivity contribution in [3.63, 3.8) is 0 Å². The summed E-state index contributed by atoms with van der Waals surface area (Å²) < 4.78 is 0. The first kappa shape index (κ1) is 14.1. The van der Waals surface area contributed by atoms with E-state index in [9.17, 15) is 0 Å². The summed E-state index contributed by atoms with van der Waals surface area (Å²) in [4.78, 5) is 0. The molecule has 0 saturated heterocycles. The molecule has 4 rings (SSSR count). The van der Waals surface area contributed by atoms with Gasteiger partial charge >= 0.3 is 0 Å². The Balaban J connectivity index is 1.85. The Morgan fingerprint density at radius 2 is 1.46 bits per heavy atom. The van der Waals surface area contributed by atoms with E-state index in [0.29, 0.717) is 0 Å². The topological polar surface area (TPSA) is 83.1 Å². The van der Waals surface area contributed by atoms with E-state index in [0.717, 1.165) is 33.6 Å². The van der Waals surface area contributed by atoms with Crippen LogP contribution in [-0.2, 0) is 0 Å². The molecule has 0 bridgehead atoms. The molecule has 2 heterocycles. The number of nitrogens with zero attached hydrogens (tertiary/aromatic N) is 4. The lowest BCUT2D eigenvalue weighted by Gasteiger charge is -2.08. The molecule has 0 aliphatic rings. The Labute approximate surface area is 138 Å². The van der Waals surface area contributed by atoms with Crippen molar-refractivity contribution in [3.05, 3.63) is 72.1 Å². The van der Waals surface area contributed by atoms with E-state index in [4.69, 9.17) is 0 Å². The van der Waals surface area contributed by atoms with E-state index >= 15 is 0 Å². The molecule has 0 amide bonds. The van der Waals surface area contributed by atoms with E-state index in [-0.39, 0.29) is 0 Å². The molecule has 0 aliphatic carbocycles. The normalized spacial score (nSPS) is 11.2. The molecule has 0 aliphatic heterocycles. The van der Waals surface area contributed by atoms with Gasteiger partial charge in [0.15, 0.2) is 0 Å². The first-order chi connectivity index (χ1) is 11.9. The summed E-state index contributed by atoms with van der Waals surface area (Å²) in [7, 11) is 0. The number of aromatic nitrogens is 6. The van der Waals surface area contributed by atoms with Crippen molar-refractivity contribution >= 4 is 12.2 Å². The largest absolute Gasteiger partial charge is 0.197 e. The van der Waals surface area contributed by atoms with Crippen LogP contribution in [-0.4, -0.2) is 30.8 Å². The van der Waals surface area contributed by atoms with E-state index in [2.05, 4.69) is 55.1 Å². The third-order valence-electron chi connectivity index (χ3n) is 3.71. The SMILES string of the molecule is C(=Cc1cccc(-c2cn[nH]n2)c1-c1cn[nH]n1)c1ccccc1. The van der Waals surface area contributed by atoms with Crippen LogP contribution >= 0.6 is 0 Å². The summed E-state index contributed by atoms with van der Waals surface area (Å²) in [6.07, 6.45) is 7.55. The van der Waals surface area contributed by atoms with Crippen LogP contribution in [0, 0.1) is 0 Å². The molecule has 24 heavy (non-hydrogen) atoms. The van der Waals surface area contributed by atoms with Crippen molar-refractivity contribution in [1.29, 1.82) is 0 Å². The Bertz CT molecular complexity index is 941. The second-order valence-electron chi connectivity index (χ2n) is 5.22. The number of hydrogen-bond donors (Lipinski definition) is 2. The minimum absolute atomic E-state index is 0.765. The molecule has 0 atom stereocenters. The molecule has 4 aromatic rings. The van der Waals surface area contributed by atoms with Gasteiger partial charge in [0.1, 0.15) is 11.4 Å². The molecule has 0 unspecified atom stereocenters. The minimum atomic E-state index is 0.765. The van der Waals surface area contributed by atoms with Gasteiger partial charge in [-0.25, -0.2) is 0 Å². The molecule has 0 radical (unpaired) electrons. The predicted molar refractivity (Wildman–Crippen MR) is 92.6 cm³/mol. The van der Waals surface area contributed by atoms with Gasteiger partial charge in [0.25, 0.3) is 0 Å². The summed E-state index contributed by atoms with van der Waals surface area (Å²) in [6, 6.07) is 16.2. The van der Waals surface area contributed by atoms with Crippen molar-refractivity contribution in [2.75, 3.05) is 0 Å². The zero-order valence-electron chi connectivity index (χ0n) is 12.7. The Kier molecular flexibility index (Phi) is 3.69. The van der Waals surface area contributed by atoms with Crippen LogP contribution in [0.3, 0.4) is 0 Å². The fourth-order valence-corrected chi connectivity index (χ4v) is 2.61. The fraction of sp³-hybridized carbons (Fsp3) is 0. The van der Waals surface area contributed by atoms with E-state index in [1.165, 1.54) is 0 Å². The Hall–Kier alpha value is -3.54. The minimum Gasteiger partial charge on any atom is -0.197 e. The van der Waals surface area contributed by atoms with Crippen LogP contribution < -0.4 is 0 Å². The van der Waals surface area contributed by atoms with Crippen molar-refractivity contribution in [2.45, 2.75) is 0 Å². The first-order valence-electron chi connectivity index (χ1n) is 7.50. The standard InChI is InChI=1S/C18H14N6/c1-2-5-13(6-3-1)9-10-14-7-4-8-15(16-11-19-23-21-16)18(14)17-12-20-24-22-17/h1-12H,(H,19,21,23)(H,20,22,24). The third-order valence-corrected chi connectivity index (χ3v) is 3.71. The number of nitrogens with one attached hydrogen (secondary N) is 2. The van der Waals surface area contributed by atoms with Gasteiger partial charge in [-0.2, -0.15) is 30.8 Å². The molecule has 2 aromatic carbocycles. The van der Waals surface area contributed by atoms with Gasteiger partial charge in [0.2, 0.25) is 0 Å². The molecule has 0 spiro atoms. The summed E-state index contributed by atoms with van der Waals surface area (Å²) >= 11 is 0. The molecular formula is C18H14N6. The molecular weight excluding hydrogens is 300 g/mol. The molecule has 0 saturated carbocycles. The van der Waals surface area contributed by atoms with Crippen molar-refractivity contribution in [1.82, 2.24) is 30.8 Å². The number of rotatable bonds is 4. The summed E-state index contributed by atoms with van der Waals surface area (Å²) in [5.74, 6) is 0. The van der Waals surface area contributed by atoms with Gasteiger partial charge in [-0.15, -0.1) is 0 Å². The van der Waals surface area contributed by atoms with Crippen molar-refractivity contribution < 1.29 is 0 Å². The Morgan fingerprint density at radius 3 is 2.17 bits per heavy atom. The van der Waals surface area contributed by atoms with Crippen LogP contribution in [0.15, 0.2) is 60.9 Å². The lowest BCUT2D eigenvalue weighted by Crippen LogP contribution is -1.90. The smallest absolute Gasteiger partial charge is 0.114 e. The monoisotopic (exact) mass is 314 g/mol. The molecule has 2 N–H and O–H groups in total. The molecule has 116 valence electrons. The lowest BCUT2D eigenvalue weighted by molar-refractivity contribution is 0.940. The van der Waals surface area contributed by atoms with Gasteiger partial charge in [-0.05, 0) is 11.1 Å². The molecule has 6 nitrogen and oxygen atoms in total. The maximum absolute atomic E-state index is 4.24. The molecule has 2 aromatic heterocycles. The number of benzene rings is 2. The number of H-pyrrole nitrogens is 2. The van der Waals surface area contributed by atoms with Gasteiger partial charge in [-0.3, -0.25) is 0 Å². The highest BCUT2D eigenvalue weighted by atomic mass is 15.3. The highest BCUT2D eigenvalue weighted by Gasteiger charge is 2.14.